The Hall–Kier alpha value is -1.59. The highest BCUT2D eigenvalue weighted by molar-refractivity contribution is 6.02. The van der Waals surface area contributed by atoms with Crippen LogP contribution in [0.15, 0.2) is 18.2 Å². The highest BCUT2D eigenvalue weighted by Gasteiger charge is 2.26. The number of nitrogens with two attached hydrogens (primary N) is 1. The van der Waals surface area contributed by atoms with Crippen molar-refractivity contribution in [3.8, 4) is 5.75 Å². The number of aliphatic hydroxyl groups excluding tert-OH is 1. The SMILES string of the molecule is NC1C(=O)Nc2cc(OCCO)ccc21. The van der Waals surface area contributed by atoms with E-state index in [2.05, 4.69) is 5.32 Å². The molecule has 15 heavy (non-hydrogen) atoms. The van der Waals surface area contributed by atoms with Crippen LogP contribution in [0.1, 0.15) is 11.6 Å². The molecule has 5 nitrogen and oxygen atoms in total. The molecular formula is C10H12N2O3. The van der Waals surface area contributed by atoms with E-state index in [1.54, 1.807) is 18.2 Å². The molecule has 0 bridgehead atoms. The van der Waals surface area contributed by atoms with Crippen molar-refractivity contribution in [2.45, 2.75) is 6.04 Å². The molecular weight excluding hydrogens is 196 g/mol. The van der Waals surface area contributed by atoms with Crippen LogP contribution in [0.25, 0.3) is 0 Å². The van der Waals surface area contributed by atoms with Crippen LogP contribution in [-0.4, -0.2) is 24.2 Å². The van der Waals surface area contributed by atoms with Gasteiger partial charge < -0.3 is 20.9 Å². The topological polar surface area (TPSA) is 84.6 Å². The Balaban J connectivity index is 2.22. The average Bonchev–Trinajstić information content (AvgIpc) is 2.52. The summed E-state index contributed by atoms with van der Waals surface area (Å²) in [5.74, 6) is 0.404. The zero-order valence-corrected chi connectivity index (χ0v) is 8.06. The molecule has 0 saturated heterocycles. The van der Waals surface area contributed by atoms with E-state index in [0.29, 0.717) is 11.4 Å². The van der Waals surface area contributed by atoms with E-state index in [-0.39, 0.29) is 19.1 Å². The number of hydrogen-bond acceptors (Lipinski definition) is 4. The quantitative estimate of drug-likeness (QED) is 0.653. The van der Waals surface area contributed by atoms with Crippen molar-refractivity contribution < 1.29 is 14.6 Å². The van der Waals surface area contributed by atoms with Crippen molar-refractivity contribution in [3.05, 3.63) is 23.8 Å². The Morgan fingerprint density at radius 3 is 3.07 bits per heavy atom. The van der Waals surface area contributed by atoms with Crippen LogP contribution in [-0.2, 0) is 4.79 Å². The van der Waals surface area contributed by atoms with Gasteiger partial charge in [-0.25, -0.2) is 0 Å². The highest BCUT2D eigenvalue weighted by atomic mass is 16.5. The van der Waals surface area contributed by atoms with Gasteiger partial charge in [-0.15, -0.1) is 0 Å². The first-order valence-electron chi connectivity index (χ1n) is 4.66. The number of rotatable bonds is 3. The minimum Gasteiger partial charge on any atom is -0.491 e. The maximum absolute atomic E-state index is 11.2. The lowest BCUT2D eigenvalue weighted by atomic mass is 10.1. The normalized spacial score (nSPS) is 18.5. The molecule has 5 heteroatoms. The molecule has 1 atom stereocenters. The third-order valence-corrected chi connectivity index (χ3v) is 2.26. The Morgan fingerprint density at radius 2 is 2.33 bits per heavy atom. The summed E-state index contributed by atoms with van der Waals surface area (Å²) in [6.45, 7) is 0.196. The number of aliphatic hydroxyl groups is 1. The van der Waals surface area contributed by atoms with Gasteiger partial charge in [0.05, 0.1) is 6.61 Å². The fourth-order valence-corrected chi connectivity index (χ4v) is 1.52. The molecule has 2 rings (SSSR count). The molecule has 80 valence electrons. The summed E-state index contributed by atoms with van der Waals surface area (Å²) in [6.07, 6.45) is 0. The fourth-order valence-electron chi connectivity index (χ4n) is 1.52. The number of carbonyl (C=O) groups is 1. The van der Waals surface area contributed by atoms with Crippen molar-refractivity contribution >= 4 is 11.6 Å². The van der Waals surface area contributed by atoms with Gasteiger partial charge in [-0.3, -0.25) is 4.79 Å². The van der Waals surface area contributed by atoms with Crippen LogP contribution in [0.5, 0.6) is 5.75 Å². The molecule has 0 aliphatic carbocycles. The van der Waals surface area contributed by atoms with Gasteiger partial charge >= 0.3 is 0 Å². The van der Waals surface area contributed by atoms with Crippen LogP contribution in [0, 0.1) is 0 Å². The molecule has 1 aromatic rings. The number of ether oxygens (including phenoxy) is 1. The predicted molar refractivity (Wildman–Crippen MR) is 54.6 cm³/mol. The minimum absolute atomic E-state index is 0.0387. The molecule has 1 aliphatic heterocycles. The summed E-state index contributed by atoms with van der Waals surface area (Å²) in [5, 5.41) is 11.2. The number of carbonyl (C=O) groups excluding carboxylic acids is 1. The molecule has 1 amide bonds. The molecule has 1 heterocycles. The summed E-state index contributed by atoms with van der Waals surface area (Å²) < 4.78 is 5.21. The summed E-state index contributed by atoms with van der Waals surface area (Å²) in [6, 6.07) is 4.60. The second kappa shape index (κ2) is 3.88. The van der Waals surface area contributed by atoms with E-state index >= 15 is 0 Å². The maximum atomic E-state index is 11.2. The van der Waals surface area contributed by atoms with Crippen LogP contribution in [0.4, 0.5) is 5.69 Å². The standard InChI is InChI=1S/C10H12N2O3/c11-9-7-2-1-6(15-4-3-13)5-8(7)12-10(9)14/h1-2,5,9,13H,3-4,11H2,(H,12,14). The monoisotopic (exact) mass is 208 g/mol. The number of hydrogen-bond donors (Lipinski definition) is 3. The first-order valence-corrected chi connectivity index (χ1v) is 4.66. The zero-order valence-electron chi connectivity index (χ0n) is 8.06. The second-order valence-corrected chi connectivity index (χ2v) is 3.29. The van der Waals surface area contributed by atoms with E-state index in [0.717, 1.165) is 5.56 Å². The molecule has 4 N–H and O–H groups in total. The molecule has 0 radical (unpaired) electrons. The largest absolute Gasteiger partial charge is 0.491 e. The van der Waals surface area contributed by atoms with Gasteiger partial charge in [0.25, 0.3) is 0 Å². The van der Waals surface area contributed by atoms with Gasteiger partial charge in [0, 0.05) is 17.3 Å². The van der Waals surface area contributed by atoms with Gasteiger partial charge in [-0.05, 0) is 6.07 Å². The molecule has 0 fully saturated rings. The van der Waals surface area contributed by atoms with Crippen molar-refractivity contribution in [1.29, 1.82) is 0 Å². The van der Waals surface area contributed by atoms with Crippen LogP contribution < -0.4 is 15.8 Å². The minimum atomic E-state index is -0.591. The van der Waals surface area contributed by atoms with Crippen molar-refractivity contribution in [2.24, 2.45) is 5.73 Å². The summed E-state index contributed by atoms with van der Waals surface area (Å²) >= 11 is 0. The summed E-state index contributed by atoms with van der Waals surface area (Å²) in [4.78, 5) is 11.2. The lowest BCUT2D eigenvalue weighted by Crippen LogP contribution is -2.19. The van der Waals surface area contributed by atoms with Crippen LogP contribution in [0.3, 0.4) is 0 Å². The van der Waals surface area contributed by atoms with Crippen molar-refractivity contribution in [1.82, 2.24) is 0 Å². The van der Waals surface area contributed by atoms with Gasteiger partial charge in [-0.1, -0.05) is 6.07 Å². The van der Waals surface area contributed by atoms with Crippen LogP contribution in [0.2, 0.25) is 0 Å². The molecule has 0 saturated carbocycles. The predicted octanol–water partition coefficient (Wildman–Crippen LogP) is 0.00960. The summed E-state index contributed by atoms with van der Waals surface area (Å²) in [7, 11) is 0. The number of fused-ring (bicyclic) bond motifs is 1. The highest BCUT2D eigenvalue weighted by Crippen LogP contribution is 2.32. The van der Waals surface area contributed by atoms with Gasteiger partial charge in [0.15, 0.2) is 0 Å². The maximum Gasteiger partial charge on any atom is 0.245 e. The van der Waals surface area contributed by atoms with E-state index in [9.17, 15) is 4.79 Å². The number of benzene rings is 1. The average molecular weight is 208 g/mol. The smallest absolute Gasteiger partial charge is 0.245 e. The van der Waals surface area contributed by atoms with E-state index in [1.807, 2.05) is 0 Å². The van der Waals surface area contributed by atoms with Gasteiger partial charge in [0.1, 0.15) is 18.4 Å². The first-order chi connectivity index (χ1) is 7.22. The third-order valence-electron chi connectivity index (χ3n) is 2.26. The number of amides is 1. The molecule has 0 spiro atoms. The van der Waals surface area contributed by atoms with E-state index in [4.69, 9.17) is 15.6 Å². The molecule has 1 unspecified atom stereocenters. The van der Waals surface area contributed by atoms with Crippen molar-refractivity contribution in [2.75, 3.05) is 18.5 Å². The zero-order chi connectivity index (χ0) is 10.8. The van der Waals surface area contributed by atoms with E-state index < -0.39 is 6.04 Å². The van der Waals surface area contributed by atoms with E-state index in [1.165, 1.54) is 0 Å². The molecule has 1 aromatic carbocycles. The summed E-state index contributed by atoms with van der Waals surface area (Å²) in [5.41, 5.74) is 7.10. The Bertz CT molecular complexity index is 392. The molecule has 0 aromatic heterocycles. The second-order valence-electron chi connectivity index (χ2n) is 3.29. The Kier molecular flexibility index (Phi) is 2.57. The number of anilines is 1. The lowest BCUT2D eigenvalue weighted by molar-refractivity contribution is -0.116. The Labute approximate surface area is 86.8 Å². The third kappa shape index (κ3) is 1.79. The fraction of sp³-hybridized carbons (Fsp3) is 0.300. The molecule has 1 aliphatic rings. The lowest BCUT2D eigenvalue weighted by Gasteiger charge is -2.06. The Morgan fingerprint density at radius 1 is 1.53 bits per heavy atom. The van der Waals surface area contributed by atoms with Gasteiger partial charge in [0.2, 0.25) is 5.91 Å². The van der Waals surface area contributed by atoms with Crippen molar-refractivity contribution in [3.63, 3.8) is 0 Å². The van der Waals surface area contributed by atoms with Crippen LogP contribution >= 0.6 is 0 Å². The van der Waals surface area contributed by atoms with Gasteiger partial charge in [-0.2, -0.15) is 0 Å². The first kappa shape index (κ1) is 9.95. The number of nitrogens with one attached hydrogen (secondary N) is 1.